The van der Waals surface area contributed by atoms with Gasteiger partial charge in [0.25, 0.3) is 0 Å². The van der Waals surface area contributed by atoms with Crippen molar-refractivity contribution >= 4 is 43.0 Å². The molecule has 1 radical (unpaired) electrons. The normalized spacial score (nSPS) is 15.7. The fourth-order valence-electron chi connectivity index (χ4n) is 2.27. The van der Waals surface area contributed by atoms with Gasteiger partial charge < -0.3 is 0 Å². The van der Waals surface area contributed by atoms with Crippen LogP contribution in [0, 0.1) is 0 Å². The summed E-state index contributed by atoms with van der Waals surface area (Å²) in [4.78, 5) is 11.8. The molecular weight excluding hydrogens is 404 g/mol. The van der Waals surface area contributed by atoms with Crippen molar-refractivity contribution in [2.75, 3.05) is 0 Å². The molecule has 0 unspecified atom stereocenters. The van der Waals surface area contributed by atoms with Crippen LogP contribution in [-0.4, -0.2) is 35.3 Å². The van der Waals surface area contributed by atoms with Crippen LogP contribution in [-0.2, 0) is 6.18 Å². The van der Waals surface area contributed by atoms with Gasteiger partial charge in [0, 0.05) is 0 Å². The number of aromatic nitrogens is 4. The Hall–Kier alpha value is -1.59. The number of nitrogens with zero attached hydrogens (tertiary/aromatic N) is 4. The second-order valence-electron chi connectivity index (χ2n) is 5.49. The summed E-state index contributed by atoms with van der Waals surface area (Å²) in [6.45, 7) is 0. The van der Waals surface area contributed by atoms with E-state index in [0.29, 0.717) is 25.4 Å². The Balaban J connectivity index is 1.91. The third kappa shape index (κ3) is 3.03. The zero-order valence-electron chi connectivity index (χ0n) is 12.1. The maximum atomic E-state index is 13.2. The summed E-state index contributed by atoms with van der Waals surface area (Å²) in [5.74, 6) is -1.10. The number of hydrogen-bond acceptors (Lipinski definition) is 3. The quantitative estimate of drug-likeness (QED) is 0.618. The summed E-state index contributed by atoms with van der Waals surface area (Å²) >= 11 is 5.43. The molecule has 0 amide bonds. The molecule has 0 spiro atoms. The number of fused-ring (bicyclic) bond motifs is 1. The number of imidazole rings is 1. The van der Waals surface area contributed by atoms with Crippen LogP contribution in [0.25, 0.3) is 16.9 Å². The number of halogens is 4. The van der Waals surface area contributed by atoms with Crippen LogP contribution >= 0.6 is 11.6 Å². The van der Waals surface area contributed by atoms with Crippen molar-refractivity contribution in [3.05, 3.63) is 41.4 Å². The molecule has 1 saturated carbocycles. The zero-order chi connectivity index (χ0) is 16.9. The van der Waals surface area contributed by atoms with Crippen molar-refractivity contribution < 1.29 is 13.2 Å². The molecule has 4 nitrogen and oxygen atoms in total. The van der Waals surface area contributed by atoms with E-state index in [1.165, 1.54) is 6.33 Å². The standard InChI is InChI=1S/C15H10AsClF3N4/c17-9-3-5-10(6-4-9)24-7-21-11-12(16-8-1-2-8)22-14(15(18,19)20)23-13(11)24/h3-8H,1-2H2. The summed E-state index contributed by atoms with van der Waals surface area (Å²) in [5.41, 5.74) is 1.30. The maximum absolute atomic E-state index is 13.2. The van der Waals surface area contributed by atoms with E-state index < -0.39 is 27.8 Å². The van der Waals surface area contributed by atoms with Crippen molar-refractivity contribution in [2.45, 2.75) is 23.7 Å². The Kier molecular flexibility index (Phi) is 3.81. The topological polar surface area (TPSA) is 43.6 Å². The zero-order valence-corrected chi connectivity index (χ0v) is 14.8. The Morgan fingerprint density at radius 2 is 1.83 bits per heavy atom. The molecule has 123 valence electrons. The first-order valence-corrected chi connectivity index (χ1v) is 9.61. The Labute approximate surface area is 146 Å². The predicted molar refractivity (Wildman–Crippen MR) is 85.0 cm³/mol. The molecule has 0 N–H and O–H groups in total. The summed E-state index contributed by atoms with van der Waals surface area (Å²) in [5, 5.41) is 0.549. The number of hydrogen-bond donors (Lipinski definition) is 0. The van der Waals surface area contributed by atoms with Gasteiger partial charge in [-0.25, -0.2) is 0 Å². The van der Waals surface area contributed by atoms with Crippen molar-refractivity contribution in [3.8, 4) is 5.69 Å². The molecule has 1 aliphatic rings. The van der Waals surface area contributed by atoms with Gasteiger partial charge in [-0.2, -0.15) is 0 Å². The van der Waals surface area contributed by atoms with E-state index in [0.717, 1.165) is 12.8 Å². The molecule has 9 heteroatoms. The summed E-state index contributed by atoms with van der Waals surface area (Å²) < 4.78 is 42.0. The van der Waals surface area contributed by atoms with E-state index in [2.05, 4.69) is 15.0 Å². The monoisotopic (exact) mass is 413 g/mol. The summed E-state index contributed by atoms with van der Waals surface area (Å²) in [7, 11) is 0. The van der Waals surface area contributed by atoms with Crippen LogP contribution in [0.1, 0.15) is 18.7 Å². The van der Waals surface area contributed by atoms with E-state index in [9.17, 15) is 13.2 Å². The van der Waals surface area contributed by atoms with Crippen molar-refractivity contribution in [3.63, 3.8) is 0 Å². The molecule has 2 aromatic heterocycles. The van der Waals surface area contributed by atoms with Crippen molar-refractivity contribution in [2.24, 2.45) is 0 Å². The molecule has 24 heavy (non-hydrogen) atoms. The molecule has 1 aromatic carbocycles. The van der Waals surface area contributed by atoms with Gasteiger partial charge in [-0.15, -0.1) is 0 Å². The number of benzene rings is 1. The van der Waals surface area contributed by atoms with Gasteiger partial charge in [-0.1, -0.05) is 0 Å². The minimum atomic E-state index is -4.58. The number of alkyl halides is 3. The van der Waals surface area contributed by atoms with Gasteiger partial charge in [0.05, 0.1) is 0 Å². The van der Waals surface area contributed by atoms with Crippen molar-refractivity contribution in [1.82, 2.24) is 19.5 Å². The van der Waals surface area contributed by atoms with Gasteiger partial charge in [0.2, 0.25) is 0 Å². The van der Waals surface area contributed by atoms with E-state index in [-0.39, 0.29) is 5.65 Å². The molecule has 3 aromatic rings. The van der Waals surface area contributed by atoms with Crippen LogP contribution in [0.2, 0.25) is 9.73 Å². The van der Waals surface area contributed by atoms with Gasteiger partial charge in [-0.05, 0) is 0 Å². The SMILES string of the molecule is FC(F)(F)c1nc([As]C2CC2)c2ncn(-c3ccc(Cl)cc3)c2n1. The van der Waals surface area contributed by atoms with E-state index in [1.807, 2.05) is 0 Å². The molecule has 0 bridgehead atoms. The van der Waals surface area contributed by atoms with Crippen LogP contribution in [0.15, 0.2) is 30.6 Å². The van der Waals surface area contributed by atoms with E-state index >= 15 is 0 Å². The Morgan fingerprint density at radius 3 is 2.46 bits per heavy atom. The van der Waals surface area contributed by atoms with Crippen LogP contribution in [0.5, 0.6) is 0 Å². The minimum absolute atomic E-state index is 0.186. The average Bonchev–Trinajstić information content (AvgIpc) is 3.23. The third-order valence-corrected chi connectivity index (χ3v) is 6.86. The fourth-order valence-corrected chi connectivity index (χ4v) is 4.88. The van der Waals surface area contributed by atoms with Gasteiger partial charge >= 0.3 is 147 Å². The summed E-state index contributed by atoms with van der Waals surface area (Å²) in [6.07, 6.45) is -0.974. The first-order valence-electron chi connectivity index (χ1n) is 7.21. The fraction of sp³-hybridized carbons (Fsp3) is 0.267. The first-order chi connectivity index (χ1) is 11.4. The van der Waals surface area contributed by atoms with Crippen molar-refractivity contribution in [1.29, 1.82) is 0 Å². The van der Waals surface area contributed by atoms with Crippen LogP contribution < -0.4 is 4.48 Å². The molecular formula is C15H10AsClF3N4. The third-order valence-electron chi connectivity index (χ3n) is 3.59. The predicted octanol–water partition coefficient (Wildman–Crippen LogP) is 3.40. The molecule has 2 heterocycles. The van der Waals surface area contributed by atoms with Crippen LogP contribution in [0.4, 0.5) is 13.2 Å². The Bertz CT molecular complexity index is 903. The Morgan fingerprint density at radius 1 is 1.12 bits per heavy atom. The summed E-state index contributed by atoms with van der Waals surface area (Å²) in [6, 6.07) is 6.78. The van der Waals surface area contributed by atoms with Gasteiger partial charge in [-0.3, -0.25) is 0 Å². The molecule has 4 rings (SSSR count). The van der Waals surface area contributed by atoms with Gasteiger partial charge in [0.15, 0.2) is 0 Å². The second-order valence-corrected chi connectivity index (χ2v) is 8.89. The number of rotatable bonds is 3. The second kappa shape index (κ2) is 5.74. The molecule has 1 aliphatic carbocycles. The van der Waals surface area contributed by atoms with Gasteiger partial charge in [0.1, 0.15) is 0 Å². The average molecular weight is 414 g/mol. The van der Waals surface area contributed by atoms with E-state index in [4.69, 9.17) is 11.6 Å². The first kappa shape index (κ1) is 15.9. The van der Waals surface area contributed by atoms with Crippen LogP contribution in [0.3, 0.4) is 0 Å². The molecule has 1 fully saturated rings. The molecule has 0 atom stereocenters. The molecule has 0 aliphatic heterocycles. The molecule has 0 saturated heterocycles. The van der Waals surface area contributed by atoms with E-state index in [1.54, 1.807) is 28.8 Å².